The fraction of sp³-hybridized carbons (Fsp3) is 0.538. The minimum Gasteiger partial charge on any atom is -0.444 e. The van der Waals surface area contributed by atoms with Crippen molar-refractivity contribution in [3.63, 3.8) is 0 Å². The number of thiazole rings is 1. The number of carbonyl (C=O) groups excluding carboxylic acids is 2. The molecule has 0 spiro atoms. The molecular weight excluding hydrogens is 306 g/mol. The first kappa shape index (κ1) is 14.8. The third-order valence-electron chi connectivity index (χ3n) is 2.91. The number of rotatable bonds is 3. The van der Waals surface area contributed by atoms with Crippen LogP contribution < -0.4 is 10.6 Å². The first-order valence-electron chi connectivity index (χ1n) is 6.97. The van der Waals surface area contributed by atoms with E-state index in [4.69, 9.17) is 4.74 Å². The molecule has 1 fully saturated rings. The van der Waals surface area contributed by atoms with Crippen LogP contribution >= 0.6 is 11.3 Å². The third-order valence-corrected chi connectivity index (χ3v) is 3.89. The molecule has 2 aromatic heterocycles. The van der Waals surface area contributed by atoms with Gasteiger partial charge in [-0.3, -0.25) is 15.2 Å². The number of carbonyl (C=O) groups is 2. The van der Waals surface area contributed by atoms with Gasteiger partial charge in [-0.1, -0.05) is 11.3 Å². The zero-order valence-corrected chi connectivity index (χ0v) is 13.3. The van der Waals surface area contributed by atoms with E-state index in [1.807, 2.05) is 0 Å². The normalized spacial score (nSPS) is 14.9. The molecule has 0 radical (unpaired) electrons. The van der Waals surface area contributed by atoms with Crippen LogP contribution in [0, 0.1) is 5.92 Å². The van der Waals surface area contributed by atoms with Crippen molar-refractivity contribution in [1.82, 2.24) is 15.2 Å². The van der Waals surface area contributed by atoms with E-state index in [0.29, 0.717) is 21.3 Å². The summed E-state index contributed by atoms with van der Waals surface area (Å²) in [5.74, 6) is 0.507. The highest BCUT2D eigenvalue weighted by Crippen LogP contribution is 2.33. The number of amides is 2. The van der Waals surface area contributed by atoms with E-state index >= 15 is 0 Å². The summed E-state index contributed by atoms with van der Waals surface area (Å²) in [5.41, 5.74) is -0.137. The second-order valence-corrected chi connectivity index (χ2v) is 7.16. The summed E-state index contributed by atoms with van der Waals surface area (Å²) in [6, 6.07) is 0. The molecule has 8 nitrogen and oxygen atoms in total. The molecule has 0 bridgehead atoms. The van der Waals surface area contributed by atoms with Crippen LogP contribution in [-0.2, 0) is 9.53 Å². The molecule has 1 saturated carbocycles. The Kier molecular flexibility index (Phi) is 3.51. The Balaban J connectivity index is 1.72. The van der Waals surface area contributed by atoms with Crippen LogP contribution in [0.2, 0.25) is 0 Å². The van der Waals surface area contributed by atoms with Gasteiger partial charge in [-0.25, -0.2) is 4.79 Å². The zero-order valence-electron chi connectivity index (χ0n) is 12.5. The summed E-state index contributed by atoms with van der Waals surface area (Å²) in [4.78, 5) is 27.7. The average molecular weight is 323 g/mol. The third kappa shape index (κ3) is 3.35. The predicted octanol–water partition coefficient (Wildman–Crippen LogP) is 2.71. The van der Waals surface area contributed by atoms with E-state index < -0.39 is 11.7 Å². The zero-order chi connectivity index (χ0) is 15.9. The fourth-order valence-electron chi connectivity index (χ4n) is 1.81. The maximum Gasteiger partial charge on any atom is 0.413 e. The van der Waals surface area contributed by atoms with Crippen LogP contribution in [-0.4, -0.2) is 32.8 Å². The second-order valence-electron chi connectivity index (χ2n) is 6.16. The lowest BCUT2D eigenvalue weighted by atomic mass is 10.2. The van der Waals surface area contributed by atoms with Crippen molar-refractivity contribution in [2.45, 2.75) is 39.2 Å². The largest absolute Gasteiger partial charge is 0.444 e. The van der Waals surface area contributed by atoms with Gasteiger partial charge in [-0.15, -0.1) is 0 Å². The number of aromatic amines is 1. The number of aromatic nitrogens is 3. The molecule has 3 N–H and O–H groups in total. The predicted molar refractivity (Wildman–Crippen MR) is 83.0 cm³/mol. The molecular formula is C13H17N5O3S. The average Bonchev–Trinajstić information content (AvgIpc) is 3.07. The summed E-state index contributed by atoms with van der Waals surface area (Å²) in [5, 5.41) is 12.6. The molecule has 0 atom stereocenters. The monoisotopic (exact) mass is 323 g/mol. The van der Waals surface area contributed by atoms with Crippen molar-refractivity contribution in [1.29, 1.82) is 0 Å². The Morgan fingerprint density at radius 2 is 2.05 bits per heavy atom. The van der Waals surface area contributed by atoms with Gasteiger partial charge in [0.2, 0.25) is 5.91 Å². The van der Waals surface area contributed by atoms with Crippen LogP contribution in [0.25, 0.3) is 10.3 Å². The molecule has 118 valence electrons. The van der Waals surface area contributed by atoms with E-state index in [2.05, 4.69) is 25.8 Å². The molecule has 0 aliphatic heterocycles. The van der Waals surface area contributed by atoms with Gasteiger partial charge < -0.3 is 10.1 Å². The Morgan fingerprint density at radius 1 is 1.32 bits per heavy atom. The Morgan fingerprint density at radius 3 is 2.68 bits per heavy atom. The van der Waals surface area contributed by atoms with Gasteiger partial charge in [0, 0.05) is 5.92 Å². The highest BCUT2D eigenvalue weighted by atomic mass is 32.1. The fourth-order valence-corrected chi connectivity index (χ4v) is 2.67. The molecule has 1 aliphatic carbocycles. The van der Waals surface area contributed by atoms with Crippen LogP contribution in [0.4, 0.5) is 15.7 Å². The molecule has 0 unspecified atom stereocenters. The van der Waals surface area contributed by atoms with Crippen LogP contribution in [0.1, 0.15) is 33.6 Å². The van der Waals surface area contributed by atoms with Gasteiger partial charge in [-0.05, 0) is 33.6 Å². The van der Waals surface area contributed by atoms with Crippen molar-refractivity contribution in [3.8, 4) is 0 Å². The van der Waals surface area contributed by atoms with Crippen molar-refractivity contribution in [2.24, 2.45) is 5.92 Å². The first-order valence-corrected chi connectivity index (χ1v) is 7.79. The number of anilines is 2. The van der Waals surface area contributed by atoms with Crippen LogP contribution in [0.5, 0.6) is 0 Å². The number of nitrogens with one attached hydrogen (secondary N) is 3. The molecule has 22 heavy (non-hydrogen) atoms. The van der Waals surface area contributed by atoms with Crippen LogP contribution in [0.3, 0.4) is 0 Å². The van der Waals surface area contributed by atoms with Gasteiger partial charge in [-0.2, -0.15) is 10.1 Å². The minimum atomic E-state index is -0.583. The summed E-state index contributed by atoms with van der Waals surface area (Å²) in [7, 11) is 0. The number of fused-ring (bicyclic) bond motifs is 1. The quantitative estimate of drug-likeness (QED) is 0.804. The van der Waals surface area contributed by atoms with E-state index in [-0.39, 0.29) is 11.8 Å². The lowest BCUT2D eigenvalue weighted by Gasteiger charge is -2.19. The molecule has 2 aromatic rings. The molecule has 3 rings (SSSR count). The molecule has 0 saturated heterocycles. The highest BCUT2D eigenvalue weighted by molar-refractivity contribution is 7.22. The molecule has 9 heteroatoms. The number of hydrogen-bond acceptors (Lipinski definition) is 6. The summed E-state index contributed by atoms with van der Waals surface area (Å²) >= 11 is 1.26. The van der Waals surface area contributed by atoms with Gasteiger partial charge in [0.25, 0.3) is 0 Å². The van der Waals surface area contributed by atoms with E-state index in [9.17, 15) is 9.59 Å². The van der Waals surface area contributed by atoms with Gasteiger partial charge in [0.1, 0.15) is 10.3 Å². The van der Waals surface area contributed by atoms with Crippen molar-refractivity contribution in [2.75, 3.05) is 10.6 Å². The van der Waals surface area contributed by atoms with E-state index in [1.165, 1.54) is 11.3 Å². The lowest BCUT2D eigenvalue weighted by Crippen LogP contribution is -2.27. The van der Waals surface area contributed by atoms with Crippen molar-refractivity contribution >= 4 is 44.6 Å². The highest BCUT2D eigenvalue weighted by Gasteiger charge is 2.30. The standard InChI is InChI=1S/C13H17N5O3S/c1-13(2,3)21-12(20)15-9-7-8(17-18-9)14-11(22-7)16-10(19)6-4-5-6/h6H,4-5H2,1-3H3,(H3,14,15,16,17,18,19,20). The topological polar surface area (TPSA) is 109 Å². The Hall–Kier alpha value is -2.16. The van der Waals surface area contributed by atoms with E-state index in [0.717, 1.165) is 12.8 Å². The summed E-state index contributed by atoms with van der Waals surface area (Å²) < 4.78 is 5.85. The van der Waals surface area contributed by atoms with Crippen molar-refractivity contribution < 1.29 is 14.3 Å². The maximum absolute atomic E-state index is 11.8. The number of ether oxygens (including phenoxy) is 1. The minimum absolute atomic E-state index is 0.0120. The van der Waals surface area contributed by atoms with Gasteiger partial charge >= 0.3 is 6.09 Å². The van der Waals surface area contributed by atoms with Gasteiger partial charge in [0.05, 0.1) is 0 Å². The number of H-pyrrole nitrogens is 1. The summed E-state index contributed by atoms with van der Waals surface area (Å²) in [6.07, 6.45) is 1.29. The smallest absolute Gasteiger partial charge is 0.413 e. The lowest BCUT2D eigenvalue weighted by molar-refractivity contribution is -0.117. The van der Waals surface area contributed by atoms with E-state index in [1.54, 1.807) is 20.8 Å². The first-order chi connectivity index (χ1) is 10.3. The molecule has 0 aromatic carbocycles. The molecule has 2 amide bonds. The second kappa shape index (κ2) is 5.24. The van der Waals surface area contributed by atoms with Crippen molar-refractivity contribution in [3.05, 3.63) is 0 Å². The number of nitrogens with zero attached hydrogens (tertiary/aromatic N) is 2. The molecule has 1 aliphatic rings. The number of hydrogen-bond donors (Lipinski definition) is 3. The van der Waals surface area contributed by atoms with Gasteiger partial charge in [0.15, 0.2) is 16.6 Å². The molecule has 2 heterocycles. The SMILES string of the molecule is CC(C)(C)OC(=O)Nc1[nH]nc2nc(NC(=O)C3CC3)sc12. The summed E-state index contributed by atoms with van der Waals surface area (Å²) in [6.45, 7) is 5.36. The Labute approximate surface area is 130 Å². The Bertz CT molecular complexity index is 726. The van der Waals surface area contributed by atoms with Crippen LogP contribution in [0.15, 0.2) is 0 Å². The maximum atomic E-state index is 11.8.